The average molecular weight is 897 g/mol. The maximum absolute atomic E-state index is 12.5. The van der Waals surface area contributed by atoms with Gasteiger partial charge in [-0.15, -0.1) is 0 Å². The molecule has 0 spiro atoms. The molecule has 27 heteroatoms. The molecule has 0 saturated carbocycles. The molecule has 0 aromatic rings. The highest BCUT2D eigenvalue weighted by Gasteiger charge is 2.55. The summed E-state index contributed by atoms with van der Waals surface area (Å²) in [7, 11) is 0. The van der Waals surface area contributed by atoms with Gasteiger partial charge in [0.05, 0.1) is 45.2 Å². The normalized spacial score (nSPS) is 44.1. The van der Waals surface area contributed by atoms with Crippen LogP contribution in [0.2, 0.25) is 0 Å². The van der Waals surface area contributed by atoms with Gasteiger partial charge < -0.3 is 125 Å². The Morgan fingerprint density at radius 2 is 1.10 bits per heavy atom. The number of rotatable bonds is 18. The zero-order valence-corrected chi connectivity index (χ0v) is 33.2. The van der Waals surface area contributed by atoms with Crippen LogP contribution in [-0.2, 0) is 47.5 Å². The van der Waals surface area contributed by atoms with Gasteiger partial charge >= 0.3 is 0 Å². The van der Waals surface area contributed by atoms with Crippen molar-refractivity contribution in [3.63, 3.8) is 0 Å². The molecule has 0 radical (unpaired) electrons. The summed E-state index contributed by atoms with van der Waals surface area (Å²) in [4.78, 5) is 24.5. The summed E-state index contributed by atoms with van der Waals surface area (Å²) < 4.78 is 45.2. The molecule has 2 amide bonds. The van der Waals surface area contributed by atoms with Crippen LogP contribution in [0.1, 0.15) is 20.8 Å². The summed E-state index contributed by atoms with van der Waals surface area (Å²) in [6.45, 7) is -1.27. The van der Waals surface area contributed by atoms with E-state index in [0.29, 0.717) is 0 Å². The number of hydrogen-bond acceptors (Lipinski definition) is 25. The second kappa shape index (κ2) is 22.8. The first-order chi connectivity index (χ1) is 28.7. The third-order valence-electron chi connectivity index (χ3n) is 10.7. The van der Waals surface area contributed by atoms with Gasteiger partial charge in [-0.2, -0.15) is 0 Å². The molecule has 4 fully saturated rings. The summed E-state index contributed by atoms with van der Waals surface area (Å²) in [6.07, 6.45) is -40.0. The van der Waals surface area contributed by atoms with Crippen LogP contribution in [0, 0.1) is 0 Å². The van der Waals surface area contributed by atoms with Crippen molar-refractivity contribution in [2.45, 2.75) is 168 Å². The molecule has 4 saturated heterocycles. The van der Waals surface area contributed by atoms with Crippen molar-refractivity contribution in [2.75, 3.05) is 33.0 Å². The predicted octanol–water partition coefficient (Wildman–Crippen LogP) is -11.0. The third-order valence-corrected chi connectivity index (χ3v) is 10.7. The van der Waals surface area contributed by atoms with E-state index in [1.54, 1.807) is 0 Å². The third kappa shape index (κ3) is 12.0. The maximum atomic E-state index is 12.5. The highest BCUT2D eigenvalue weighted by atomic mass is 16.8. The van der Waals surface area contributed by atoms with Crippen LogP contribution in [-0.4, -0.2) is 269 Å². The van der Waals surface area contributed by atoms with Gasteiger partial charge in [0.25, 0.3) is 0 Å². The minimum atomic E-state index is -2.19. The van der Waals surface area contributed by atoms with Gasteiger partial charge in [-0.1, -0.05) is 0 Å². The van der Waals surface area contributed by atoms with Gasteiger partial charge in [0.1, 0.15) is 110 Å². The van der Waals surface area contributed by atoms with Gasteiger partial charge in [0, 0.05) is 13.8 Å². The number of aliphatic hydroxyl groups excluding tert-OH is 15. The molecular weight excluding hydrogens is 836 g/mol. The van der Waals surface area contributed by atoms with E-state index in [2.05, 4.69) is 10.6 Å². The number of amides is 2. The monoisotopic (exact) mass is 896 g/mol. The summed E-state index contributed by atoms with van der Waals surface area (Å²) in [5.41, 5.74) is 0. The molecule has 0 aromatic carbocycles. The molecule has 4 aliphatic heterocycles. The highest BCUT2D eigenvalue weighted by molar-refractivity contribution is 5.73. The Hall–Kier alpha value is -1.98. The zero-order valence-electron chi connectivity index (χ0n) is 33.2. The standard InChI is InChI=1S/C34H60N2O25/c1-9-18(44)23(49)26(52)32(55-9)61-30-25(51)21(47)15(6-39)58-34(30)60-29-17(36-11(3)42)31(56-16(7-40)22(29)48)54-8-13(43)19(45)28(12(4-37)35-10(2)41)59-33-27(53)24(50)20(46)14(5-38)57-33/h9,12-34,37-40,43-53H,4-8H2,1-3H3,(H,35,41)(H,36,42)/t9-,12-,13+,14+,15+,16+,17+,18+,19-,20-,21-,22+,23+,24-,25-,26-,27+,28+,29+,30+,31+,32-,33-,34-/m0/s1. The minimum Gasteiger partial charge on any atom is -0.394 e. The van der Waals surface area contributed by atoms with Crippen LogP contribution in [0.3, 0.4) is 0 Å². The number of carbonyl (C=O) groups is 2. The summed E-state index contributed by atoms with van der Waals surface area (Å²) in [5.74, 6) is -1.57. The van der Waals surface area contributed by atoms with E-state index in [-0.39, 0.29) is 0 Å². The maximum Gasteiger partial charge on any atom is 0.217 e. The molecule has 4 aliphatic rings. The van der Waals surface area contributed by atoms with Gasteiger partial charge in [0.2, 0.25) is 11.8 Å². The molecule has 27 nitrogen and oxygen atoms in total. The topological polar surface area (TPSA) is 435 Å². The SMILES string of the molecule is CC(=O)N[C@H]1[C@H](OC[C@@H](O)[C@H](O)[C@H](O[C@@H]2O[C@H](CO)[C@H](O)[C@H](O)[C@H]2O)[C@H](CO)NC(C)=O)O[C@H](CO)[C@@H](O)[C@@H]1O[C@@H]1O[C@H](CO)[C@H](O)[C@H](O)[C@H]1O[C@@H]1O[C@@H](C)[C@@H](O)[C@@H](O)[C@@H]1O. The van der Waals surface area contributed by atoms with Crippen molar-refractivity contribution < 1.29 is 124 Å². The van der Waals surface area contributed by atoms with Crippen LogP contribution < -0.4 is 10.6 Å². The predicted molar refractivity (Wildman–Crippen MR) is 191 cm³/mol. The van der Waals surface area contributed by atoms with E-state index >= 15 is 0 Å². The number of hydrogen-bond donors (Lipinski definition) is 17. The van der Waals surface area contributed by atoms with Gasteiger partial charge in [0.15, 0.2) is 25.2 Å². The van der Waals surface area contributed by atoms with Crippen LogP contribution in [0.4, 0.5) is 0 Å². The Balaban J connectivity index is 1.60. The fourth-order valence-electron chi connectivity index (χ4n) is 7.26. The summed E-state index contributed by atoms with van der Waals surface area (Å²) in [6, 6.07) is -3.21. The lowest BCUT2D eigenvalue weighted by atomic mass is 9.95. The Morgan fingerprint density at radius 1 is 0.590 bits per heavy atom. The molecule has 356 valence electrons. The highest BCUT2D eigenvalue weighted by Crippen LogP contribution is 2.34. The fraction of sp³-hybridized carbons (Fsp3) is 0.941. The molecular formula is C34H60N2O25. The Morgan fingerprint density at radius 3 is 1.66 bits per heavy atom. The Labute approximate surface area is 347 Å². The minimum absolute atomic E-state index is 0.761. The Kier molecular flexibility index (Phi) is 19.3. The second-order valence-corrected chi connectivity index (χ2v) is 15.2. The zero-order chi connectivity index (χ0) is 45.6. The summed E-state index contributed by atoms with van der Waals surface area (Å²) >= 11 is 0. The lowest BCUT2D eigenvalue weighted by molar-refractivity contribution is -0.381. The van der Waals surface area contributed by atoms with E-state index in [4.69, 9.17) is 37.9 Å². The van der Waals surface area contributed by atoms with Crippen LogP contribution in [0.15, 0.2) is 0 Å². The van der Waals surface area contributed by atoms with Crippen molar-refractivity contribution in [1.82, 2.24) is 10.6 Å². The van der Waals surface area contributed by atoms with Gasteiger partial charge in [-0.05, 0) is 6.92 Å². The van der Waals surface area contributed by atoms with Crippen LogP contribution in [0.5, 0.6) is 0 Å². The van der Waals surface area contributed by atoms with Crippen molar-refractivity contribution in [3.8, 4) is 0 Å². The van der Waals surface area contributed by atoms with Gasteiger partial charge in [-0.3, -0.25) is 9.59 Å². The van der Waals surface area contributed by atoms with E-state index in [1.165, 1.54) is 6.92 Å². The van der Waals surface area contributed by atoms with Crippen molar-refractivity contribution >= 4 is 11.8 Å². The smallest absolute Gasteiger partial charge is 0.217 e. The van der Waals surface area contributed by atoms with E-state index in [0.717, 1.165) is 13.8 Å². The number of carbonyl (C=O) groups excluding carboxylic acids is 2. The molecule has 0 aromatic heterocycles. The number of aliphatic hydroxyl groups is 15. The molecule has 0 bridgehead atoms. The molecule has 61 heavy (non-hydrogen) atoms. The quantitative estimate of drug-likeness (QED) is 0.0607. The lowest BCUT2D eigenvalue weighted by Gasteiger charge is -2.49. The first kappa shape index (κ1) is 51.7. The lowest BCUT2D eigenvalue weighted by Crippen LogP contribution is -2.69. The van der Waals surface area contributed by atoms with E-state index in [1.807, 2.05) is 0 Å². The van der Waals surface area contributed by atoms with E-state index in [9.17, 15) is 86.2 Å². The molecule has 0 unspecified atom stereocenters. The first-order valence-corrected chi connectivity index (χ1v) is 19.4. The second-order valence-electron chi connectivity index (χ2n) is 15.2. The fourth-order valence-corrected chi connectivity index (χ4v) is 7.26. The number of nitrogens with one attached hydrogen (secondary N) is 2. The first-order valence-electron chi connectivity index (χ1n) is 19.4. The Bertz CT molecular complexity index is 1370. The largest absolute Gasteiger partial charge is 0.394 e. The van der Waals surface area contributed by atoms with Crippen LogP contribution >= 0.6 is 0 Å². The van der Waals surface area contributed by atoms with Crippen LogP contribution in [0.25, 0.3) is 0 Å². The van der Waals surface area contributed by atoms with Gasteiger partial charge in [-0.25, -0.2) is 0 Å². The average Bonchev–Trinajstić information content (AvgIpc) is 3.22. The van der Waals surface area contributed by atoms with Crippen molar-refractivity contribution in [1.29, 1.82) is 0 Å². The molecule has 4 rings (SSSR count). The number of ether oxygens (including phenoxy) is 8. The van der Waals surface area contributed by atoms with E-state index < -0.39 is 192 Å². The summed E-state index contributed by atoms with van der Waals surface area (Å²) in [5, 5.41) is 162. The van der Waals surface area contributed by atoms with Crippen molar-refractivity contribution in [2.24, 2.45) is 0 Å². The molecule has 0 aliphatic carbocycles. The molecule has 24 atom stereocenters. The molecule has 17 N–H and O–H groups in total. The van der Waals surface area contributed by atoms with Crippen molar-refractivity contribution in [3.05, 3.63) is 0 Å². The molecule has 4 heterocycles.